The number of hydrogen-bond acceptors (Lipinski definition) is 5. The monoisotopic (exact) mass is 345 g/mol. The van der Waals surface area contributed by atoms with Crippen LogP contribution in [0.5, 0.6) is 0 Å². The van der Waals surface area contributed by atoms with Crippen molar-refractivity contribution in [1.82, 2.24) is 14.9 Å². The first kappa shape index (κ1) is 17.0. The molecule has 128 valence electrons. The van der Waals surface area contributed by atoms with Gasteiger partial charge in [0.25, 0.3) is 0 Å². The highest BCUT2D eigenvalue weighted by atomic mass is 35.5. The molecule has 0 aliphatic carbocycles. The topological polar surface area (TPSA) is 53.1 Å². The van der Waals surface area contributed by atoms with E-state index in [0.29, 0.717) is 12.0 Å². The highest BCUT2D eigenvalue weighted by molar-refractivity contribution is 6.30. The molecule has 5 nitrogen and oxygen atoms in total. The van der Waals surface area contributed by atoms with Crippen molar-refractivity contribution in [3.8, 4) is 0 Å². The summed E-state index contributed by atoms with van der Waals surface area (Å²) in [5.41, 5.74) is 1.30. The molecule has 0 bridgehead atoms. The van der Waals surface area contributed by atoms with E-state index in [1.165, 1.54) is 12.0 Å². The molecule has 2 heterocycles. The molecule has 2 aromatic rings. The predicted molar refractivity (Wildman–Crippen MR) is 99.6 cm³/mol. The smallest absolute Gasteiger partial charge is 0.224 e. The van der Waals surface area contributed by atoms with Crippen molar-refractivity contribution < 1.29 is 0 Å². The Morgan fingerprint density at radius 1 is 1.25 bits per heavy atom. The molecule has 1 atom stereocenters. The Kier molecular flexibility index (Phi) is 5.88. The van der Waals surface area contributed by atoms with Gasteiger partial charge in [-0.25, -0.2) is 4.98 Å². The summed E-state index contributed by atoms with van der Waals surface area (Å²) in [6.45, 7) is 5.99. The number of piperidine rings is 1. The van der Waals surface area contributed by atoms with Crippen LogP contribution in [0, 0.1) is 0 Å². The number of rotatable bonds is 6. The van der Waals surface area contributed by atoms with Crippen molar-refractivity contribution in [2.75, 3.05) is 30.3 Å². The van der Waals surface area contributed by atoms with Gasteiger partial charge < -0.3 is 10.6 Å². The van der Waals surface area contributed by atoms with Crippen molar-refractivity contribution in [2.45, 2.75) is 32.4 Å². The Bertz CT molecular complexity index is 646. The average molecular weight is 346 g/mol. The van der Waals surface area contributed by atoms with E-state index >= 15 is 0 Å². The molecule has 1 fully saturated rings. The van der Waals surface area contributed by atoms with Gasteiger partial charge in [-0.3, -0.25) is 4.90 Å². The van der Waals surface area contributed by atoms with E-state index in [2.05, 4.69) is 44.6 Å². The number of nitrogens with one attached hydrogen (secondary N) is 2. The summed E-state index contributed by atoms with van der Waals surface area (Å²) in [6, 6.07) is 10.4. The fourth-order valence-corrected chi connectivity index (χ4v) is 3.18. The van der Waals surface area contributed by atoms with Crippen LogP contribution in [-0.2, 0) is 6.54 Å². The van der Waals surface area contributed by atoms with Crippen LogP contribution in [0.2, 0.25) is 5.02 Å². The first-order valence-corrected chi connectivity index (χ1v) is 8.91. The predicted octanol–water partition coefficient (Wildman–Crippen LogP) is 3.64. The van der Waals surface area contributed by atoms with E-state index in [4.69, 9.17) is 11.6 Å². The normalized spacial score (nSPS) is 18.3. The minimum absolute atomic E-state index is 0.378. The molecule has 0 spiro atoms. The maximum atomic E-state index is 5.96. The number of hydrogen-bond donors (Lipinski definition) is 2. The first-order valence-electron chi connectivity index (χ1n) is 8.53. The van der Waals surface area contributed by atoms with Crippen molar-refractivity contribution in [3.63, 3.8) is 0 Å². The van der Waals surface area contributed by atoms with Crippen LogP contribution < -0.4 is 10.6 Å². The second-order valence-corrected chi connectivity index (χ2v) is 6.58. The fraction of sp³-hybridized carbons (Fsp3) is 0.444. The Morgan fingerprint density at radius 3 is 2.88 bits per heavy atom. The molecule has 1 aromatic heterocycles. The minimum atomic E-state index is 0.378. The molecular weight excluding hydrogens is 322 g/mol. The third-order valence-corrected chi connectivity index (χ3v) is 4.42. The maximum absolute atomic E-state index is 5.96. The van der Waals surface area contributed by atoms with Gasteiger partial charge in [0.15, 0.2) is 0 Å². The number of anilines is 2. The zero-order valence-electron chi connectivity index (χ0n) is 14.0. The Morgan fingerprint density at radius 2 is 2.08 bits per heavy atom. The Labute approximate surface area is 148 Å². The van der Waals surface area contributed by atoms with Crippen molar-refractivity contribution in [2.24, 2.45) is 0 Å². The van der Waals surface area contributed by atoms with Crippen LogP contribution in [0.25, 0.3) is 0 Å². The SMILES string of the molecule is CCNc1ccnc(NC2CCCN(Cc3ccc(Cl)cc3)C2)n1. The van der Waals surface area contributed by atoms with Crippen molar-refractivity contribution in [1.29, 1.82) is 0 Å². The molecule has 0 radical (unpaired) electrons. The molecule has 0 saturated carbocycles. The lowest BCUT2D eigenvalue weighted by Gasteiger charge is -2.33. The molecule has 0 amide bonds. The summed E-state index contributed by atoms with van der Waals surface area (Å²) in [6.07, 6.45) is 4.12. The molecular formula is C18H24ClN5. The number of nitrogens with zero attached hydrogens (tertiary/aromatic N) is 3. The van der Waals surface area contributed by atoms with Crippen LogP contribution in [-0.4, -0.2) is 40.5 Å². The van der Waals surface area contributed by atoms with Gasteiger partial charge >= 0.3 is 0 Å². The number of likely N-dealkylation sites (tertiary alicyclic amines) is 1. The second kappa shape index (κ2) is 8.31. The first-order chi connectivity index (χ1) is 11.7. The van der Waals surface area contributed by atoms with E-state index in [0.717, 1.165) is 43.4 Å². The van der Waals surface area contributed by atoms with Gasteiger partial charge in [0.1, 0.15) is 5.82 Å². The Hall–Kier alpha value is -1.85. The quantitative estimate of drug-likeness (QED) is 0.837. The molecule has 24 heavy (non-hydrogen) atoms. The van der Waals surface area contributed by atoms with Crippen LogP contribution in [0.4, 0.5) is 11.8 Å². The van der Waals surface area contributed by atoms with Crippen LogP contribution in [0.15, 0.2) is 36.5 Å². The molecule has 1 aliphatic rings. The van der Waals surface area contributed by atoms with Crippen molar-refractivity contribution in [3.05, 3.63) is 47.1 Å². The number of halogens is 1. The lowest BCUT2D eigenvalue weighted by atomic mass is 10.0. The van der Waals surface area contributed by atoms with Crippen molar-refractivity contribution >= 4 is 23.4 Å². The van der Waals surface area contributed by atoms with Gasteiger partial charge in [-0.15, -0.1) is 0 Å². The lowest BCUT2D eigenvalue weighted by Crippen LogP contribution is -2.41. The summed E-state index contributed by atoms with van der Waals surface area (Å²) in [7, 11) is 0. The average Bonchev–Trinajstić information content (AvgIpc) is 2.58. The van der Waals surface area contributed by atoms with Crippen LogP contribution in [0.3, 0.4) is 0 Å². The minimum Gasteiger partial charge on any atom is -0.370 e. The lowest BCUT2D eigenvalue weighted by molar-refractivity contribution is 0.208. The van der Waals surface area contributed by atoms with Gasteiger partial charge in [0.05, 0.1) is 0 Å². The third-order valence-electron chi connectivity index (χ3n) is 4.17. The van der Waals surface area contributed by atoms with Gasteiger partial charge in [0, 0.05) is 36.9 Å². The standard InChI is InChI=1S/C18H24ClN5/c1-2-20-17-9-10-21-18(23-17)22-16-4-3-11-24(13-16)12-14-5-7-15(19)8-6-14/h5-10,16H,2-4,11-13H2,1H3,(H2,20,21,22,23). The zero-order valence-corrected chi connectivity index (χ0v) is 14.8. The third kappa shape index (κ3) is 4.82. The fourth-order valence-electron chi connectivity index (χ4n) is 3.06. The Balaban J connectivity index is 1.57. The molecule has 1 aromatic carbocycles. The largest absolute Gasteiger partial charge is 0.370 e. The highest BCUT2D eigenvalue weighted by Gasteiger charge is 2.20. The molecule has 2 N–H and O–H groups in total. The molecule has 3 rings (SSSR count). The van der Waals surface area contributed by atoms with Gasteiger partial charge in [-0.2, -0.15) is 4.98 Å². The van der Waals surface area contributed by atoms with Crippen LogP contribution >= 0.6 is 11.6 Å². The number of aromatic nitrogens is 2. The summed E-state index contributed by atoms with van der Waals surface area (Å²) in [4.78, 5) is 11.3. The van der Waals surface area contributed by atoms with Gasteiger partial charge in [-0.1, -0.05) is 23.7 Å². The van der Waals surface area contributed by atoms with E-state index in [1.807, 2.05) is 18.2 Å². The zero-order chi connectivity index (χ0) is 16.8. The summed E-state index contributed by atoms with van der Waals surface area (Å²) >= 11 is 5.96. The maximum Gasteiger partial charge on any atom is 0.224 e. The van der Waals surface area contributed by atoms with E-state index in [9.17, 15) is 0 Å². The van der Waals surface area contributed by atoms with E-state index in [1.54, 1.807) is 6.20 Å². The van der Waals surface area contributed by atoms with E-state index < -0.39 is 0 Å². The molecule has 1 unspecified atom stereocenters. The van der Waals surface area contributed by atoms with Gasteiger partial charge in [-0.05, 0) is 50.1 Å². The summed E-state index contributed by atoms with van der Waals surface area (Å²) < 4.78 is 0. The molecule has 6 heteroatoms. The van der Waals surface area contributed by atoms with E-state index in [-0.39, 0.29) is 0 Å². The highest BCUT2D eigenvalue weighted by Crippen LogP contribution is 2.18. The molecule has 1 saturated heterocycles. The van der Waals surface area contributed by atoms with Crippen LogP contribution in [0.1, 0.15) is 25.3 Å². The van der Waals surface area contributed by atoms with Gasteiger partial charge in [0.2, 0.25) is 5.95 Å². The molecule has 1 aliphatic heterocycles. The second-order valence-electron chi connectivity index (χ2n) is 6.14. The summed E-state index contributed by atoms with van der Waals surface area (Å²) in [5, 5.41) is 7.49. The summed E-state index contributed by atoms with van der Waals surface area (Å²) in [5.74, 6) is 1.57. The number of benzene rings is 1.